The number of carbonyl (C=O) groups is 1. The molecule has 0 saturated heterocycles. The van der Waals surface area contributed by atoms with Gasteiger partial charge in [0.25, 0.3) is 5.69 Å². The van der Waals surface area contributed by atoms with E-state index in [-0.39, 0.29) is 17.6 Å². The Morgan fingerprint density at radius 1 is 1.20 bits per heavy atom. The van der Waals surface area contributed by atoms with Gasteiger partial charge in [-0.2, -0.15) is 0 Å². The van der Waals surface area contributed by atoms with Gasteiger partial charge < -0.3 is 9.64 Å². The van der Waals surface area contributed by atoms with Crippen LogP contribution in [-0.4, -0.2) is 29.9 Å². The van der Waals surface area contributed by atoms with E-state index in [1.807, 2.05) is 31.2 Å². The van der Waals surface area contributed by atoms with Crippen LogP contribution in [0, 0.1) is 10.1 Å². The number of nitro groups is 1. The number of hydrogen-bond donors (Lipinski definition) is 0. The minimum atomic E-state index is -0.464. The van der Waals surface area contributed by atoms with Crippen molar-refractivity contribution in [2.75, 3.05) is 14.2 Å². The molecule has 0 aliphatic rings. The van der Waals surface area contributed by atoms with Crippen LogP contribution < -0.4 is 4.74 Å². The van der Waals surface area contributed by atoms with E-state index in [2.05, 4.69) is 0 Å². The molecule has 2 rings (SSSR count). The third-order valence-electron chi connectivity index (χ3n) is 4.07. The average Bonchev–Trinajstić information content (AvgIpc) is 2.65. The van der Waals surface area contributed by atoms with Crippen molar-refractivity contribution in [3.63, 3.8) is 0 Å². The van der Waals surface area contributed by atoms with E-state index in [1.165, 1.54) is 18.2 Å². The topological polar surface area (TPSA) is 72.7 Å². The number of likely N-dealkylation sites (N-methyl/N-ethyl adjacent to an activating group) is 1. The van der Waals surface area contributed by atoms with Gasteiger partial charge >= 0.3 is 0 Å². The van der Waals surface area contributed by atoms with Crippen molar-refractivity contribution in [3.8, 4) is 5.75 Å². The van der Waals surface area contributed by atoms with Crippen molar-refractivity contribution >= 4 is 17.7 Å². The lowest BCUT2D eigenvalue weighted by molar-refractivity contribution is -0.385. The van der Waals surface area contributed by atoms with Crippen LogP contribution in [0.5, 0.6) is 5.75 Å². The van der Waals surface area contributed by atoms with Gasteiger partial charge in [-0.3, -0.25) is 14.9 Å². The van der Waals surface area contributed by atoms with Gasteiger partial charge in [0.05, 0.1) is 23.6 Å². The smallest absolute Gasteiger partial charge is 0.276 e. The minimum Gasteiger partial charge on any atom is -0.497 e. The van der Waals surface area contributed by atoms with Gasteiger partial charge in [0, 0.05) is 19.2 Å². The van der Waals surface area contributed by atoms with E-state index in [4.69, 9.17) is 4.74 Å². The number of nitrogens with zero attached hydrogens (tertiary/aromatic N) is 2. The standard InChI is InChI=1S/C19H20N2O4/c1-14(15-8-11-17(25-3)12-9-15)20(2)19(22)13-10-16-6-4-5-7-18(16)21(23)24/h4-14H,1-3H3/b13-10+. The first kappa shape index (κ1) is 18.2. The number of methoxy groups -OCH3 is 1. The predicted molar refractivity (Wildman–Crippen MR) is 96.3 cm³/mol. The predicted octanol–water partition coefficient (Wildman–Crippen LogP) is 3.84. The minimum absolute atomic E-state index is 0.0302. The summed E-state index contributed by atoms with van der Waals surface area (Å²) in [6, 6.07) is 13.6. The maximum atomic E-state index is 12.4. The fourth-order valence-electron chi connectivity index (χ4n) is 2.37. The van der Waals surface area contributed by atoms with Crippen molar-refractivity contribution in [1.82, 2.24) is 4.90 Å². The highest BCUT2D eigenvalue weighted by Gasteiger charge is 2.16. The molecule has 0 fully saturated rings. The molecule has 1 amide bonds. The number of para-hydroxylation sites is 1. The number of rotatable bonds is 6. The van der Waals surface area contributed by atoms with Gasteiger partial charge in [0.2, 0.25) is 5.91 Å². The number of nitro benzene ring substituents is 1. The molecular formula is C19H20N2O4. The number of hydrogen-bond acceptors (Lipinski definition) is 4. The van der Waals surface area contributed by atoms with E-state index >= 15 is 0 Å². The second-order valence-electron chi connectivity index (χ2n) is 5.55. The summed E-state index contributed by atoms with van der Waals surface area (Å²) in [6.45, 7) is 1.92. The zero-order valence-corrected chi connectivity index (χ0v) is 14.4. The molecule has 1 atom stereocenters. The summed E-state index contributed by atoms with van der Waals surface area (Å²) in [5.74, 6) is 0.516. The number of benzene rings is 2. The third-order valence-corrected chi connectivity index (χ3v) is 4.07. The van der Waals surface area contributed by atoms with Crippen LogP contribution in [0.4, 0.5) is 5.69 Å². The molecular weight excluding hydrogens is 320 g/mol. The van der Waals surface area contributed by atoms with Crippen LogP contribution in [-0.2, 0) is 4.79 Å². The largest absolute Gasteiger partial charge is 0.497 e. The van der Waals surface area contributed by atoms with Gasteiger partial charge in [-0.15, -0.1) is 0 Å². The van der Waals surface area contributed by atoms with Crippen molar-refractivity contribution in [2.45, 2.75) is 13.0 Å². The van der Waals surface area contributed by atoms with E-state index in [9.17, 15) is 14.9 Å². The summed E-state index contributed by atoms with van der Waals surface area (Å²) in [6.07, 6.45) is 2.82. The summed E-state index contributed by atoms with van der Waals surface area (Å²) in [4.78, 5) is 24.5. The lowest BCUT2D eigenvalue weighted by Gasteiger charge is -2.24. The average molecular weight is 340 g/mol. The monoisotopic (exact) mass is 340 g/mol. The second-order valence-corrected chi connectivity index (χ2v) is 5.55. The Labute approximate surface area is 146 Å². The molecule has 0 aliphatic heterocycles. The Bertz CT molecular complexity index is 784. The second kappa shape index (κ2) is 8.10. The van der Waals surface area contributed by atoms with E-state index in [0.717, 1.165) is 11.3 Å². The van der Waals surface area contributed by atoms with Gasteiger partial charge in [0.15, 0.2) is 0 Å². The molecule has 130 valence electrons. The molecule has 6 heteroatoms. The normalized spacial score (nSPS) is 12.0. The van der Waals surface area contributed by atoms with E-state index in [1.54, 1.807) is 37.3 Å². The zero-order valence-electron chi connectivity index (χ0n) is 14.4. The quantitative estimate of drug-likeness (QED) is 0.455. The van der Waals surface area contributed by atoms with Crippen LogP contribution in [0.25, 0.3) is 6.08 Å². The number of amides is 1. The van der Waals surface area contributed by atoms with Gasteiger partial charge in [0.1, 0.15) is 5.75 Å². The zero-order chi connectivity index (χ0) is 18.4. The third kappa shape index (κ3) is 4.44. The van der Waals surface area contributed by atoms with Crippen LogP contribution in [0.2, 0.25) is 0 Å². The van der Waals surface area contributed by atoms with Crippen LogP contribution in [0.15, 0.2) is 54.6 Å². The molecule has 0 radical (unpaired) electrons. The maximum Gasteiger partial charge on any atom is 0.276 e. The van der Waals surface area contributed by atoms with E-state index in [0.29, 0.717) is 5.56 Å². The lowest BCUT2D eigenvalue weighted by atomic mass is 10.1. The first-order valence-electron chi connectivity index (χ1n) is 7.76. The molecule has 2 aromatic carbocycles. The molecule has 0 N–H and O–H groups in total. The van der Waals surface area contributed by atoms with Crippen LogP contribution in [0.1, 0.15) is 24.1 Å². The molecule has 0 aliphatic carbocycles. The van der Waals surface area contributed by atoms with E-state index < -0.39 is 4.92 Å². The summed E-state index contributed by atoms with van der Waals surface area (Å²) < 4.78 is 5.13. The molecule has 0 spiro atoms. The Morgan fingerprint density at radius 3 is 2.44 bits per heavy atom. The summed E-state index contributed by atoms with van der Waals surface area (Å²) in [7, 11) is 3.29. The summed E-state index contributed by atoms with van der Waals surface area (Å²) in [5.41, 5.74) is 1.33. The molecule has 6 nitrogen and oxygen atoms in total. The highest BCUT2D eigenvalue weighted by molar-refractivity contribution is 5.92. The molecule has 2 aromatic rings. The molecule has 0 heterocycles. The first-order valence-corrected chi connectivity index (χ1v) is 7.76. The maximum absolute atomic E-state index is 12.4. The Hall–Kier alpha value is -3.15. The van der Waals surface area contributed by atoms with Crippen molar-refractivity contribution < 1.29 is 14.5 Å². The van der Waals surface area contributed by atoms with Crippen molar-refractivity contribution in [2.24, 2.45) is 0 Å². The summed E-state index contributed by atoms with van der Waals surface area (Å²) in [5, 5.41) is 11.0. The first-order chi connectivity index (χ1) is 11.9. The van der Waals surface area contributed by atoms with Crippen molar-refractivity contribution in [3.05, 3.63) is 75.8 Å². The highest BCUT2D eigenvalue weighted by atomic mass is 16.6. The molecule has 0 saturated carbocycles. The highest BCUT2D eigenvalue weighted by Crippen LogP contribution is 2.23. The van der Waals surface area contributed by atoms with Gasteiger partial charge in [-0.1, -0.05) is 24.3 Å². The van der Waals surface area contributed by atoms with Crippen LogP contribution in [0.3, 0.4) is 0 Å². The molecule has 0 bridgehead atoms. The summed E-state index contributed by atoms with van der Waals surface area (Å²) >= 11 is 0. The molecule has 1 unspecified atom stereocenters. The Morgan fingerprint density at radius 2 is 1.84 bits per heavy atom. The van der Waals surface area contributed by atoms with Gasteiger partial charge in [-0.05, 0) is 36.8 Å². The SMILES string of the molecule is COc1ccc(C(C)N(C)C(=O)/C=C/c2ccccc2[N+](=O)[O-])cc1. The molecule has 25 heavy (non-hydrogen) atoms. The van der Waals surface area contributed by atoms with Gasteiger partial charge in [-0.25, -0.2) is 0 Å². The Balaban J connectivity index is 2.12. The number of ether oxygens (including phenoxy) is 1. The lowest BCUT2D eigenvalue weighted by Crippen LogP contribution is -2.27. The fraction of sp³-hybridized carbons (Fsp3) is 0.211. The van der Waals surface area contributed by atoms with Crippen molar-refractivity contribution in [1.29, 1.82) is 0 Å². The molecule has 0 aromatic heterocycles. The van der Waals surface area contributed by atoms with Crippen LogP contribution >= 0.6 is 0 Å². The number of carbonyl (C=O) groups excluding carboxylic acids is 1. The Kier molecular flexibility index (Phi) is 5.89. The fourth-order valence-corrected chi connectivity index (χ4v) is 2.37.